The molecule has 3 heterocycles. The van der Waals surface area contributed by atoms with Gasteiger partial charge in [0, 0.05) is 0 Å². The van der Waals surface area contributed by atoms with Gasteiger partial charge in [0.25, 0.3) is 0 Å². The van der Waals surface area contributed by atoms with Gasteiger partial charge >= 0.3 is 196 Å². The Morgan fingerprint density at radius 1 is 1.26 bits per heavy atom. The molecule has 8 heteroatoms. The molecular weight excluding hydrogens is 473 g/mol. The fourth-order valence-electron chi connectivity index (χ4n) is 4.22. The zero-order chi connectivity index (χ0) is 21.7. The van der Waals surface area contributed by atoms with Gasteiger partial charge in [-0.3, -0.25) is 0 Å². The Morgan fingerprint density at radius 2 is 2.03 bits per heavy atom. The molecule has 1 saturated carbocycles. The van der Waals surface area contributed by atoms with E-state index in [4.69, 9.17) is 27.1 Å². The molecule has 6 nitrogen and oxygen atoms in total. The van der Waals surface area contributed by atoms with Gasteiger partial charge in [-0.15, -0.1) is 0 Å². The van der Waals surface area contributed by atoms with E-state index in [2.05, 4.69) is 22.4 Å². The van der Waals surface area contributed by atoms with Crippen molar-refractivity contribution < 1.29 is 4.74 Å². The normalized spacial score (nSPS) is 23.5. The molecule has 164 valence electrons. The molecule has 0 radical (unpaired) electrons. The Bertz CT molecular complexity index is 936. The van der Waals surface area contributed by atoms with Crippen LogP contribution in [0.4, 0.5) is 5.82 Å². The van der Waals surface area contributed by atoms with Gasteiger partial charge in [-0.25, -0.2) is 0 Å². The third-order valence-electron chi connectivity index (χ3n) is 6.30. The average molecular weight is 502 g/mol. The average Bonchev–Trinajstić information content (AvgIpc) is 2.81. The third-order valence-corrected chi connectivity index (χ3v) is 9.86. The first-order valence-electron chi connectivity index (χ1n) is 10.9. The predicted molar refractivity (Wildman–Crippen MR) is 126 cm³/mol. The predicted octanol–water partition coefficient (Wildman–Crippen LogP) is 3.28. The van der Waals surface area contributed by atoms with E-state index in [1.807, 2.05) is 18.2 Å². The SMILES string of the molecule is N#CC1(CNc2cccc(-c3cc([AsH][C@H]4CC[C@H](N)CC4)ncc3Cl)n2)CCOCC1. The number of hydrogen-bond donors (Lipinski definition) is 2. The number of ether oxygens (including phenoxy) is 1. The van der Waals surface area contributed by atoms with Gasteiger partial charge in [-0.05, 0) is 0 Å². The van der Waals surface area contributed by atoms with E-state index in [0.29, 0.717) is 30.8 Å². The summed E-state index contributed by atoms with van der Waals surface area (Å²) in [4.78, 5) is 9.40. The standard InChI is InChI=1S/C23H29AsClN5O/c25-19-13-28-21(24-16-4-6-17(27)7-5-16)12-18(19)20-2-1-3-22(30-20)29-15-23(14-26)8-10-31-11-9-23/h1-3,12-13,16-17,24H,4-11,15,27H2,(H,29,30)/t16-,17-. The number of nitrogens with one attached hydrogen (secondary N) is 1. The van der Waals surface area contributed by atoms with Crippen LogP contribution < -0.4 is 15.5 Å². The van der Waals surface area contributed by atoms with Crippen LogP contribution in [0.1, 0.15) is 38.5 Å². The Morgan fingerprint density at radius 3 is 2.77 bits per heavy atom. The number of anilines is 1. The van der Waals surface area contributed by atoms with Gasteiger partial charge in [0.2, 0.25) is 0 Å². The van der Waals surface area contributed by atoms with Crippen LogP contribution in [0, 0.1) is 16.7 Å². The van der Waals surface area contributed by atoms with E-state index < -0.39 is 5.41 Å². The van der Waals surface area contributed by atoms with Crippen LogP contribution in [0.3, 0.4) is 0 Å². The topological polar surface area (TPSA) is 96.9 Å². The third kappa shape index (κ3) is 5.79. The first-order valence-corrected chi connectivity index (χ1v) is 13.6. The Labute approximate surface area is 195 Å². The first-order chi connectivity index (χ1) is 15.1. The van der Waals surface area contributed by atoms with Crippen molar-refractivity contribution in [2.45, 2.75) is 49.3 Å². The number of rotatable bonds is 6. The van der Waals surface area contributed by atoms with Crippen molar-refractivity contribution in [3.8, 4) is 17.3 Å². The van der Waals surface area contributed by atoms with Crippen LogP contribution in [0.25, 0.3) is 11.3 Å². The molecule has 0 spiro atoms. The summed E-state index contributed by atoms with van der Waals surface area (Å²) < 4.78 is 7.35. The number of hydrogen-bond acceptors (Lipinski definition) is 6. The van der Waals surface area contributed by atoms with Gasteiger partial charge in [0.05, 0.1) is 0 Å². The van der Waals surface area contributed by atoms with Gasteiger partial charge in [0.1, 0.15) is 0 Å². The number of halogens is 1. The summed E-state index contributed by atoms with van der Waals surface area (Å²) >= 11 is 6.17. The van der Waals surface area contributed by atoms with Gasteiger partial charge in [-0.2, -0.15) is 0 Å². The number of pyridine rings is 2. The van der Waals surface area contributed by atoms with Gasteiger partial charge in [0.15, 0.2) is 0 Å². The van der Waals surface area contributed by atoms with E-state index in [0.717, 1.165) is 47.5 Å². The molecule has 4 rings (SSSR count). The second-order valence-corrected chi connectivity index (χ2v) is 12.4. The fraction of sp³-hybridized carbons (Fsp3) is 0.522. The summed E-state index contributed by atoms with van der Waals surface area (Å²) in [5.74, 6) is 0.755. The van der Waals surface area contributed by atoms with Gasteiger partial charge < -0.3 is 0 Å². The van der Waals surface area contributed by atoms with Crippen LogP contribution >= 0.6 is 11.6 Å². The maximum atomic E-state index is 9.67. The summed E-state index contributed by atoms with van der Waals surface area (Å²) in [6.45, 7) is 1.83. The van der Waals surface area contributed by atoms with Crippen LogP contribution in [-0.2, 0) is 4.74 Å². The minimum absolute atomic E-state index is 0.340. The molecular formula is C23H29AsClN5O. The molecule has 2 aromatic heterocycles. The van der Waals surface area contributed by atoms with E-state index in [-0.39, 0.29) is 15.8 Å². The first kappa shape index (κ1) is 22.5. The number of nitrogens with two attached hydrogens (primary N) is 1. The van der Waals surface area contributed by atoms with Crippen molar-refractivity contribution in [3.63, 3.8) is 0 Å². The molecule has 1 aliphatic carbocycles. The number of nitrogens with zero attached hydrogens (tertiary/aromatic N) is 3. The molecule has 0 bridgehead atoms. The quantitative estimate of drug-likeness (QED) is 0.590. The Hall–Kier alpha value is -1.64. The van der Waals surface area contributed by atoms with Crippen molar-refractivity contribution in [3.05, 3.63) is 35.5 Å². The van der Waals surface area contributed by atoms with Crippen molar-refractivity contribution in [2.75, 3.05) is 25.1 Å². The van der Waals surface area contributed by atoms with E-state index in [1.54, 1.807) is 6.20 Å². The van der Waals surface area contributed by atoms with E-state index >= 15 is 0 Å². The zero-order valence-electron chi connectivity index (χ0n) is 17.6. The summed E-state index contributed by atoms with van der Waals surface area (Å²) in [5, 5.41) is 13.7. The van der Waals surface area contributed by atoms with E-state index in [9.17, 15) is 5.26 Å². The molecule has 1 atom stereocenters. The van der Waals surface area contributed by atoms with Crippen molar-refractivity contribution in [2.24, 2.45) is 11.1 Å². The molecule has 1 aliphatic heterocycles. The molecule has 2 aliphatic rings. The van der Waals surface area contributed by atoms with E-state index in [1.165, 1.54) is 17.3 Å². The van der Waals surface area contributed by atoms with Crippen LogP contribution in [0.15, 0.2) is 30.5 Å². The Balaban J connectivity index is 1.47. The molecule has 3 N–H and O–H groups in total. The molecule has 2 fully saturated rings. The summed E-state index contributed by atoms with van der Waals surface area (Å²) in [6.07, 6.45) is 7.92. The van der Waals surface area contributed by atoms with Crippen LogP contribution in [-0.4, -0.2) is 51.5 Å². The molecule has 2 aromatic rings. The summed E-state index contributed by atoms with van der Waals surface area (Å²) in [6, 6.07) is 10.9. The summed E-state index contributed by atoms with van der Waals surface area (Å²) in [5.41, 5.74) is 7.41. The van der Waals surface area contributed by atoms with Crippen molar-refractivity contribution in [1.82, 2.24) is 9.97 Å². The van der Waals surface area contributed by atoms with Crippen molar-refractivity contribution in [1.29, 1.82) is 5.26 Å². The number of nitriles is 1. The van der Waals surface area contributed by atoms with Crippen molar-refractivity contribution >= 4 is 37.7 Å². The maximum absolute atomic E-state index is 9.67. The van der Waals surface area contributed by atoms with Crippen LogP contribution in [0.2, 0.25) is 9.73 Å². The monoisotopic (exact) mass is 501 g/mol. The minimum atomic E-state index is -0.398. The Kier molecular flexibility index (Phi) is 7.50. The molecule has 0 amide bonds. The summed E-state index contributed by atoms with van der Waals surface area (Å²) in [7, 11) is 0. The van der Waals surface area contributed by atoms with Gasteiger partial charge in [-0.1, -0.05) is 0 Å². The molecule has 1 saturated heterocycles. The molecule has 31 heavy (non-hydrogen) atoms. The second-order valence-electron chi connectivity index (χ2n) is 8.57. The molecule has 0 aromatic carbocycles. The number of aromatic nitrogens is 2. The molecule has 1 unspecified atom stereocenters. The zero-order valence-corrected chi connectivity index (χ0v) is 20.5. The van der Waals surface area contributed by atoms with Crippen LogP contribution in [0.5, 0.6) is 0 Å². The fourth-order valence-corrected chi connectivity index (χ4v) is 7.37. The second kappa shape index (κ2) is 10.3.